The largest absolute Gasteiger partial charge is 0.386 e. The molecule has 4 nitrogen and oxygen atoms in total. The van der Waals surface area contributed by atoms with Gasteiger partial charge in [-0.05, 0) is 42.9 Å². The predicted octanol–water partition coefficient (Wildman–Crippen LogP) is 4.99. The Balaban J connectivity index is 1.89. The van der Waals surface area contributed by atoms with Gasteiger partial charge in [-0.3, -0.25) is 4.79 Å². The molecule has 1 aliphatic carbocycles. The van der Waals surface area contributed by atoms with Crippen molar-refractivity contribution < 1.29 is 9.90 Å². The van der Waals surface area contributed by atoms with Gasteiger partial charge in [-0.1, -0.05) is 60.7 Å². The summed E-state index contributed by atoms with van der Waals surface area (Å²) in [6, 6.07) is 21.7. The number of carbonyl (C=O) groups excluding carboxylic acids is 1. The quantitative estimate of drug-likeness (QED) is 0.663. The molecule has 30 heavy (non-hydrogen) atoms. The van der Waals surface area contributed by atoms with E-state index in [0.717, 1.165) is 24.0 Å². The minimum atomic E-state index is -0.709. The molecule has 0 radical (unpaired) electrons. The van der Waals surface area contributed by atoms with Crippen LogP contribution in [0.3, 0.4) is 0 Å². The summed E-state index contributed by atoms with van der Waals surface area (Å²) in [5.74, 6) is 0.494. The lowest BCUT2D eigenvalue weighted by Crippen LogP contribution is -2.34. The molecule has 0 spiro atoms. The van der Waals surface area contributed by atoms with Crippen LogP contribution in [0.15, 0.2) is 72.4 Å². The van der Waals surface area contributed by atoms with Gasteiger partial charge in [0, 0.05) is 25.8 Å². The number of nitriles is 1. The maximum Gasteiger partial charge on any atom is 0.133 e. The zero-order valence-electron chi connectivity index (χ0n) is 17.7. The van der Waals surface area contributed by atoms with Crippen molar-refractivity contribution in [2.75, 3.05) is 7.05 Å². The molecule has 2 aromatic rings. The fourth-order valence-electron chi connectivity index (χ4n) is 4.31. The van der Waals surface area contributed by atoms with E-state index < -0.39 is 6.10 Å². The fourth-order valence-corrected chi connectivity index (χ4v) is 4.31. The van der Waals surface area contributed by atoms with E-state index >= 15 is 0 Å². The number of ketones is 1. The highest BCUT2D eigenvalue weighted by atomic mass is 16.3. The summed E-state index contributed by atoms with van der Waals surface area (Å²) in [4.78, 5) is 14.0. The van der Waals surface area contributed by atoms with E-state index in [1.165, 1.54) is 0 Å². The van der Waals surface area contributed by atoms with E-state index in [9.17, 15) is 15.2 Å². The fraction of sp³-hybridized carbons (Fsp3) is 0.385. The number of hydrogen-bond donors (Lipinski definition) is 1. The van der Waals surface area contributed by atoms with Crippen molar-refractivity contribution in [1.82, 2.24) is 4.90 Å². The van der Waals surface area contributed by atoms with Crippen molar-refractivity contribution >= 4 is 5.78 Å². The van der Waals surface area contributed by atoms with Crippen LogP contribution in [0.4, 0.5) is 0 Å². The lowest BCUT2D eigenvalue weighted by atomic mass is 9.76. The van der Waals surface area contributed by atoms with Gasteiger partial charge in [0.25, 0.3) is 0 Å². The number of benzene rings is 2. The van der Waals surface area contributed by atoms with E-state index in [2.05, 4.69) is 18.2 Å². The van der Waals surface area contributed by atoms with Crippen LogP contribution in [-0.4, -0.2) is 28.9 Å². The Bertz CT molecular complexity index is 902. The van der Waals surface area contributed by atoms with Gasteiger partial charge >= 0.3 is 0 Å². The number of likely N-dealkylation sites (N-methyl/N-ethyl adjacent to an activating group) is 1. The van der Waals surface area contributed by atoms with Gasteiger partial charge in [0.05, 0.1) is 12.1 Å². The zero-order valence-corrected chi connectivity index (χ0v) is 17.7. The molecular weight excluding hydrogens is 372 g/mol. The van der Waals surface area contributed by atoms with Crippen LogP contribution < -0.4 is 0 Å². The molecule has 0 aromatic heterocycles. The van der Waals surface area contributed by atoms with Crippen LogP contribution in [-0.2, 0) is 4.79 Å². The number of carbonyl (C=O) groups is 1. The number of nitrogens with zero attached hydrogens (tertiary/aromatic N) is 2. The van der Waals surface area contributed by atoms with Crippen LogP contribution in [0.1, 0.15) is 55.8 Å². The van der Waals surface area contributed by atoms with E-state index in [0.29, 0.717) is 24.3 Å². The highest BCUT2D eigenvalue weighted by Gasteiger charge is 2.29. The number of aliphatic hydroxyl groups is 1. The molecule has 4 atom stereocenters. The molecule has 0 heterocycles. The van der Waals surface area contributed by atoms with Crippen LogP contribution in [0.2, 0.25) is 0 Å². The molecule has 1 N–H and O–H groups in total. The normalized spacial score (nSPS) is 20.1. The Labute approximate surface area is 179 Å². The molecule has 156 valence electrons. The number of hydrogen-bond acceptors (Lipinski definition) is 4. The average Bonchev–Trinajstić information content (AvgIpc) is 2.79. The SMILES string of the molecule is C[C@@H]([C@H](O)c1ccccc1)N(C)/C(C#N)=C/[C@@H](c1ccccc1)[C@H]1CCCC(=O)C1. The summed E-state index contributed by atoms with van der Waals surface area (Å²) in [6.07, 6.45) is 4.38. The highest BCUT2D eigenvalue weighted by molar-refractivity contribution is 5.79. The first-order chi connectivity index (χ1) is 14.5. The van der Waals surface area contributed by atoms with Gasteiger partial charge in [0.2, 0.25) is 0 Å². The Hall–Kier alpha value is -2.90. The maximum atomic E-state index is 12.1. The molecule has 2 aromatic carbocycles. The lowest BCUT2D eigenvalue weighted by Gasteiger charge is -2.33. The van der Waals surface area contributed by atoms with Crippen LogP contribution in [0.5, 0.6) is 0 Å². The molecule has 0 amide bonds. The van der Waals surface area contributed by atoms with Gasteiger partial charge in [-0.15, -0.1) is 0 Å². The summed E-state index contributed by atoms with van der Waals surface area (Å²) in [6.45, 7) is 1.92. The second-order valence-corrected chi connectivity index (χ2v) is 8.20. The second kappa shape index (κ2) is 10.2. The molecular formula is C26H30N2O2. The average molecular weight is 403 g/mol. The standard InChI is InChI=1S/C26H30N2O2/c1-19(26(30)21-12-7-4-8-13-21)28(2)23(18-27)17-25(20-10-5-3-6-11-20)22-14-9-15-24(29)16-22/h3-8,10-13,17,19,22,25-26,30H,9,14-16H2,1-2H3/b23-17+/t19-,22-,25-,26-/m0/s1. The first kappa shape index (κ1) is 21.8. The molecule has 1 aliphatic rings. The third-order valence-corrected chi connectivity index (χ3v) is 6.25. The summed E-state index contributed by atoms with van der Waals surface area (Å²) in [7, 11) is 1.85. The zero-order chi connectivity index (χ0) is 21.5. The number of Topliss-reactive ketones (excluding diaryl/α,β-unsaturated/α-hetero) is 1. The van der Waals surface area contributed by atoms with Crippen molar-refractivity contribution in [2.24, 2.45) is 5.92 Å². The Morgan fingerprint density at radius 1 is 1.13 bits per heavy atom. The first-order valence-corrected chi connectivity index (χ1v) is 10.7. The predicted molar refractivity (Wildman–Crippen MR) is 118 cm³/mol. The van der Waals surface area contributed by atoms with Crippen molar-refractivity contribution in [1.29, 1.82) is 5.26 Å². The molecule has 0 saturated heterocycles. The second-order valence-electron chi connectivity index (χ2n) is 8.20. The maximum absolute atomic E-state index is 12.1. The van der Waals surface area contributed by atoms with Crippen LogP contribution in [0, 0.1) is 17.2 Å². The topological polar surface area (TPSA) is 64.3 Å². The Kier molecular flexibility index (Phi) is 7.43. The van der Waals surface area contributed by atoms with Crippen molar-refractivity contribution in [3.63, 3.8) is 0 Å². The van der Waals surface area contributed by atoms with Gasteiger partial charge < -0.3 is 10.0 Å². The van der Waals surface area contributed by atoms with Gasteiger partial charge in [0.15, 0.2) is 0 Å². The van der Waals surface area contributed by atoms with E-state index in [4.69, 9.17) is 0 Å². The van der Waals surface area contributed by atoms with E-state index in [1.807, 2.05) is 73.5 Å². The number of aliphatic hydroxyl groups excluding tert-OH is 1. The minimum Gasteiger partial charge on any atom is -0.386 e. The minimum absolute atomic E-state index is 0.00591. The van der Waals surface area contributed by atoms with Gasteiger partial charge in [-0.25, -0.2) is 0 Å². The lowest BCUT2D eigenvalue weighted by molar-refractivity contribution is -0.121. The summed E-state index contributed by atoms with van der Waals surface area (Å²) in [5.41, 5.74) is 2.46. The summed E-state index contributed by atoms with van der Waals surface area (Å²) >= 11 is 0. The van der Waals surface area contributed by atoms with Crippen molar-refractivity contribution in [3.8, 4) is 6.07 Å². The Morgan fingerprint density at radius 2 is 1.73 bits per heavy atom. The molecule has 0 bridgehead atoms. The molecule has 4 heteroatoms. The first-order valence-electron chi connectivity index (χ1n) is 10.7. The number of rotatable bonds is 7. The summed E-state index contributed by atoms with van der Waals surface area (Å²) in [5, 5.41) is 20.8. The Morgan fingerprint density at radius 3 is 2.30 bits per heavy atom. The van der Waals surface area contributed by atoms with Crippen LogP contribution in [0.25, 0.3) is 0 Å². The third kappa shape index (κ3) is 5.17. The summed E-state index contributed by atoms with van der Waals surface area (Å²) < 4.78 is 0. The number of allylic oxidation sites excluding steroid dienone is 2. The van der Waals surface area contributed by atoms with Crippen molar-refractivity contribution in [3.05, 3.63) is 83.6 Å². The smallest absolute Gasteiger partial charge is 0.133 e. The monoisotopic (exact) mass is 402 g/mol. The van der Waals surface area contributed by atoms with Crippen LogP contribution >= 0.6 is 0 Å². The highest BCUT2D eigenvalue weighted by Crippen LogP contribution is 2.37. The van der Waals surface area contributed by atoms with E-state index in [-0.39, 0.29) is 17.9 Å². The molecule has 0 aliphatic heterocycles. The molecule has 0 unspecified atom stereocenters. The van der Waals surface area contributed by atoms with Gasteiger partial charge in [0.1, 0.15) is 17.5 Å². The molecule has 1 fully saturated rings. The van der Waals surface area contributed by atoms with E-state index in [1.54, 1.807) is 0 Å². The van der Waals surface area contributed by atoms with Crippen molar-refractivity contribution in [2.45, 2.75) is 50.7 Å². The van der Waals surface area contributed by atoms with Gasteiger partial charge in [-0.2, -0.15) is 5.26 Å². The molecule has 1 saturated carbocycles. The third-order valence-electron chi connectivity index (χ3n) is 6.25. The molecule has 3 rings (SSSR count).